The molecule has 1 aliphatic heterocycles. The van der Waals surface area contributed by atoms with Crippen LogP contribution in [0.1, 0.15) is 29.9 Å². The van der Waals surface area contributed by atoms with Crippen molar-refractivity contribution in [2.75, 3.05) is 18.0 Å². The van der Waals surface area contributed by atoms with Gasteiger partial charge in [-0.3, -0.25) is 4.79 Å². The number of para-hydroxylation sites is 1. The van der Waals surface area contributed by atoms with Crippen LogP contribution in [0.15, 0.2) is 59.5 Å². The molecule has 1 saturated heterocycles. The fraction of sp³-hybridized carbons (Fsp3) is 0.280. The lowest BCUT2D eigenvalue weighted by molar-refractivity contribution is 0.506. The summed E-state index contributed by atoms with van der Waals surface area (Å²) in [6.45, 7) is 1.67. The van der Waals surface area contributed by atoms with E-state index in [1.54, 1.807) is 11.6 Å². The van der Waals surface area contributed by atoms with Gasteiger partial charge in [0.2, 0.25) is 0 Å². The highest BCUT2D eigenvalue weighted by Crippen LogP contribution is 2.35. The molecule has 4 aromatic rings. The predicted molar refractivity (Wildman–Crippen MR) is 121 cm³/mol. The first-order valence-electron chi connectivity index (χ1n) is 10.4. The first-order valence-corrected chi connectivity index (χ1v) is 10.4. The van der Waals surface area contributed by atoms with Crippen LogP contribution in [0, 0.1) is 11.3 Å². The molecule has 0 bridgehead atoms. The van der Waals surface area contributed by atoms with Crippen LogP contribution in [0.2, 0.25) is 0 Å². The number of pyridine rings is 1. The molecule has 0 N–H and O–H groups in total. The third-order valence-corrected chi connectivity index (χ3v) is 6.58. The fourth-order valence-electron chi connectivity index (χ4n) is 4.90. The zero-order chi connectivity index (χ0) is 20.8. The van der Waals surface area contributed by atoms with Gasteiger partial charge in [0.25, 0.3) is 5.56 Å². The highest BCUT2D eigenvalue weighted by atomic mass is 16.1. The molecule has 5 nitrogen and oxygen atoms in total. The average molecular weight is 396 g/mol. The molecular weight excluding hydrogens is 372 g/mol. The molecule has 3 heterocycles. The number of nitrogens with zero attached hydrogens (tertiary/aromatic N) is 4. The van der Waals surface area contributed by atoms with E-state index >= 15 is 0 Å². The SMILES string of the molecule is Cn1ccc2cc(C3CCN(c4c(C#N)c(=O)n(C)c5ccccc45)CC3)ccc21. The lowest BCUT2D eigenvalue weighted by atomic mass is 9.88. The molecule has 30 heavy (non-hydrogen) atoms. The van der Waals surface area contributed by atoms with Crippen molar-refractivity contribution in [2.24, 2.45) is 14.1 Å². The Balaban J connectivity index is 1.48. The van der Waals surface area contributed by atoms with Crippen molar-refractivity contribution < 1.29 is 0 Å². The number of anilines is 1. The van der Waals surface area contributed by atoms with Crippen molar-refractivity contribution in [2.45, 2.75) is 18.8 Å². The minimum Gasteiger partial charge on any atom is -0.370 e. The summed E-state index contributed by atoms with van der Waals surface area (Å²) in [5.74, 6) is 0.495. The van der Waals surface area contributed by atoms with Gasteiger partial charge in [0, 0.05) is 44.3 Å². The van der Waals surface area contributed by atoms with Crippen molar-refractivity contribution in [1.29, 1.82) is 5.26 Å². The van der Waals surface area contributed by atoms with Crippen LogP contribution >= 0.6 is 0 Å². The number of nitriles is 1. The van der Waals surface area contributed by atoms with Gasteiger partial charge in [0.05, 0.1) is 11.2 Å². The van der Waals surface area contributed by atoms with Crippen molar-refractivity contribution in [1.82, 2.24) is 9.13 Å². The number of fused-ring (bicyclic) bond motifs is 2. The number of benzene rings is 2. The number of rotatable bonds is 2. The van der Waals surface area contributed by atoms with E-state index in [0.29, 0.717) is 5.92 Å². The molecule has 0 radical (unpaired) electrons. The highest BCUT2D eigenvalue weighted by Gasteiger charge is 2.26. The minimum absolute atomic E-state index is 0.220. The van der Waals surface area contributed by atoms with Crippen LogP contribution in [0.4, 0.5) is 5.69 Å². The van der Waals surface area contributed by atoms with Gasteiger partial charge in [0.1, 0.15) is 11.6 Å². The third-order valence-electron chi connectivity index (χ3n) is 6.58. The Labute approximate surface area is 175 Å². The van der Waals surface area contributed by atoms with Crippen LogP contribution in [0.25, 0.3) is 21.8 Å². The lowest BCUT2D eigenvalue weighted by Gasteiger charge is -2.35. The highest BCUT2D eigenvalue weighted by molar-refractivity contribution is 5.95. The normalized spacial score (nSPS) is 15.0. The summed E-state index contributed by atoms with van der Waals surface area (Å²) in [6, 6.07) is 19.0. The van der Waals surface area contributed by atoms with Gasteiger partial charge in [-0.2, -0.15) is 5.26 Å². The summed E-state index contributed by atoms with van der Waals surface area (Å²) < 4.78 is 3.73. The smallest absolute Gasteiger partial charge is 0.270 e. The van der Waals surface area contributed by atoms with E-state index in [-0.39, 0.29) is 11.1 Å². The first kappa shape index (κ1) is 18.5. The molecule has 0 unspecified atom stereocenters. The maximum absolute atomic E-state index is 12.8. The monoisotopic (exact) mass is 396 g/mol. The zero-order valence-electron chi connectivity index (χ0n) is 17.3. The third kappa shape index (κ3) is 2.80. The molecule has 2 aromatic heterocycles. The van der Waals surface area contributed by atoms with Crippen molar-refractivity contribution in [3.05, 3.63) is 76.2 Å². The number of aromatic nitrogens is 2. The van der Waals surface area contributed by atoms with Gasteiger partial charge in [-0.05, 0) is 54.0 Å². The summed E-state index contributed by atoms with van der Waals surface area (Å²) in [7, 11) is 3.81. The van der Waals surface area contributed by atoms with E-state index in [2.05, 4.69) is 53.0 Å². The Hall–Kier alpha value is -3.52. The predicted octanol–water partition coefficient (Wildman–Crippen LogP) is 4.29. The Morgan fingerprint density at radius 3 is 2.53 bits per heavy atom. The Kier molecular flexibility index (Phi) is 4.36. The molecule has 0 amide bonds. The van der Waals surface area contributed by atoms with Crippen LogP contribution in [0.3, 0.4) is 0 Å². The molecule has 1 aliphatic rings. The van der Waals surface area contributed by atoms with Gasteiger partial charge < -0.3 is 14.0 Å². The minimum atomic E-state index is -0.220. The van der Waals surface area contributed by atoms with Gasteiger partial charge in [-0.15, -0.1) is 0 Å². The van der Waals surface area contributed by atoms with Gasteiger partial charge in [-0.1, -0.05) is 24.3 Å². The maximum atomic E-state index is 12.8. The van der Waals surface area contributed by atoms with E-state index in [9.17, 15) is 10.1 Å². The van der Waals surface area contributed by atoms with Crippen molar-refractivity contribution in [3.63, 3.8) is 0 Å². The number of hydrogen-bond donors (Lipinski definition) is 0. The molecular formula is C25H24N4O. The second-order valence-electron chi connectivity index (χ2n) is 8.22. The van der Waals surface area contributed by atoms with Gasteiger partial charge in [-0.25, -0.2) is 0 Å². The average Bonchev–Trinajstić information content (AvgIpc) is 3.16. The molecule has 0 aliphatic carbocycles. The quantitative estimate of drug-likeness (QED) is 0.508. The lowest BCUT2D eigenvalue weighted by Crippen LogP contribution is -2.35. The Morgan fingerprint density at radius 2 is 1.77 bits per heavy atom. The summed E-state index contributed by atoms with van der Waals surface area (Å²) in [5.41, 5.74) is 4.33. The maximum Gasteiger partial charge on any atom is 0.270 e. The number of hydrogen-bond acceptors (Lipinski definition) is 3. The van der Waals surface area contributed by atoms with Gasteiger partial charge >= 0.3 is 0 Å². The van der Waals surface area contributed by atoms with Crippen LogP contribution in [0.5, 0.6) is 0 Å². The zero-order valence-corrected chi connectivity index (χ0v) is 17.3. The molecule has 150 valence electrons. The fourth-order valence-corrected chi connectivity index (χ4v) is 4.90. The number of aryl methyl sites for hydroxylation is 2. The van der Waals surface area contributed by atoms with E-state index in [0.717, 1.165) is 42.5 Å². The van der Waals surface area contributed by atoms with E-state index in [1.807, 2.05) is 24.3 Å². The van der Waals surface area contributed by atoms with E-state index in [4.69, 9.17) is 0 Å². The Bertz CT molecular complexity index is 1360. The van der Waals surface area contributed by atoms with Crippen molar-refractivity contribution >= 4 is 27.5 Å². The van der Waals surface area contributed by atoms with E-state index in [1.165, 1.54) is 16.5 Å². The molecule has 2 aromatic carbocycles. The summed E-state index contributed by atoms with van der Waals surface area (Å²) in [4.78, 5) is 15.0. The summed E-state index contributed by atoms with van der Waals surface area (Å²) in [5, 5.41) is 12.0. The molecule has 1 fully saturated rings. The largest absolute Gasteiger partial charge is 0.370 e. The van der Waals surface area contributed by atoms with Crippen LogP contribution < -0.4 is 10.5 Å². The van der Waals surface area contributed by atoms with Crippen LogP contribution in [-0.2, 0) is 14.1 Å². The second-order valence-corrected chi connectivity index (χ2v) is 8.22. The first-order chi connectivity index (χ1) is 14.6. The molecule has 5 heteroatoms. The van der Waals surface area contributed by atoms with Crippen molar-refractivity contribution in [3.8, 4) is 6.07 Å². The summed E-state index contributed by atoms with van der Waals surface area (Å²) >= 11 is 0. The van der Waals surface area contributed by atoms with Crippen LogP contribution in [-0.4, -0.2) is 22.2 Å². The topological polar surface area (TPSA) is 54.0 Å². The molecule has 0 atom stereocenters. The second kappa shape index (κ2) is 7.07. The van der Waals surface area contributed by atoms with E-state index < -0.39 is 0 Å². The summed E-state index contributed by atoms with van der Waals surface area (Å²) in [6.07, 6.45) is 4.11. The Morgan fingerprint density at radius 1 is 1.00 bits per heavy atom. The molecule has 0 spiro atoms. The molecule has 5 rings (SSSR count). The number of piperidine rings is 1. The molecule has 0 saturated carbocycles. The van der Waals surface area contributed by atoms with Gasteiger partial charge in [0.15, 0.2) is 0 Å². The standard InChI is InChI=1S/C25H24N4O/c1-27-12-9-19-15-18(7-8-22(19)27)17-10-13-29(14-11-17)24-20-5-3-4-6-23(20)28(2)25(30)21(24)16-26/h3-9,12,15,17H,10-11,13-14H2,1-2H3.